The largest absolute Gasteiger partial charge is 0.434 e. The first-order chi connectivity index (χ1) is 18.2. The molecule has 1 unspecified atom stereocenters. The summed E-state index contributed by atoms with van der Waals surface area (Å²) in [6.45, 7) is 2.73. The molecule has 1 atom stereocenters. The van der Waals surface area contributed by atoms with Crippen molar-refractivity contribution < 1.29 is 18.3 Å². The lowest BCUT2D eigenvalue weighted by molar-refractivity contribution is -0.129. The minimum atomic E-state index is -2.95. The van der Waals surface area contributed by atoms with Crippen LogP contribution in [0.3, 0.4) is 0 Å². The van der Waals surface area contributed by atoms with Crippen molar-refractivity contribution in [2.75, 3.05) is 24.5 Å². The summed E-state index contributed by atoms with van der Waals surface area (Å²) in [6.07, 6.45) is 3.48. The summed E-state index contributed by atoms with van der Waals surface area (Å²) in [6, 6.07) is 12.1. The zero-order valence-electron chi connectivity index (χ0n) is 21.3. The number of piperazine rings is 1. The SMILES string of the molecule is CC(=O)N1CCN(c2ncc(-c3ccc4c(=O)n(C)n(Cc5ccccc5OC(F)F)c4c3)cn2)C(C)C1. The van der Waals surface area contributed by atoms with Crippen molar-refractivity contribution in [2.45, 2.75) is 33.0 Å². The first kappa shape index (κ1) is 25.4. The zero-order chi connectivity index (χ0) is 27.0. The second kappa shape index (κ2) is 10.2. The van der Waals surface area contributed by atoms with Crippen LogP contribution < -0.4 is 15.2 Å². The Hall–Kier alpha value is -4.28. The molecule has 0 spiro atoms. The average Bonchev–Trinajstić information content (AvgIpc) is 3.13. The predicted octanol–water partition coefficient (Wildman–Crippen LogP) is 3.50. The van der Waals surface area contributed by atoms with Crippen molar-refractivity contribution in [1.82, 2.24) is 24.2 Å². The Kier molecular flexibility index (Phi) is 6.83. The fraction of sp³-hybridized carbons (Fsp3) is 0.333. The third kappa shape index (κ3) is 4.83. The van der Waals surface area contributed by atoms with E-state index in [1.54, 1.807) is 55.3 Å². The minimum absolute atomic E-state index is 0.0626. The average molecular weight is 523 g/mol. The van der Waals surface area contributed by atoms with E-state index >= 15 is 0 Å². The third-order valence-corrected chi connectivity index (χ3v) is 6.97. The van der Waals surface area contributed by atoms with Crippen LogP contribution in [0.15, 0.2) is 59.7 Å². The molecule has 5 rings (SSSR count). The number of anilines is 1. The molecule has 9 nitrogen and oxygen atoms in total. The Morgan fingerprint density at radius 2 is 1.84 bits per heavy atom. The Labute approximate surface area is 217 Å². The molecule has 2 aromatic heterocycles. The Morgan fingerprint density at radius 3 is 2.53 bits per heavy atom. The number of rotatable bonds is 6. The standard InChI is InChI=1S/C27H28F2N6O3/c1-17-15-33(18(2)36)10-11-34(17)27-30-13-21(14-31-27)19-8-9-22-23(12-19)35(32(3)25(22)37)16-20-6-4-5-7-24(20)38-26(28)29/h4-9,12-14,17,26H,10-11,15-16H2,1-3H3. The molecule has 1 aliphatic heterocycles. The zero-order valence-corrected chi connectivity index (χ0v) is 21.3. The monoisotopic (exact) mass is 522 g/mol. The Morgan fingerprint density at radius 1 is 1.11 bits per heavy atom. The lowest BCUT2D eigenvalue weighted by Gasteiger charge is -2.39. The number of amides is 1. The Bertz CT molecular complexity index is 1530. The molecule has 0 radical (unpaired) electrons. The molecule has 0 N–H and O–H groups in total. The quantitative estimate of drug-likeness (QED) is 0.385. The first-order valence-electron chi connectivity index (χ1n) is 12.3. The highest BCUT2D eigenvalue weighted by molar-refractivity contribution is 5.84. The number of benzene rings is 2. The molecule has 11 heteroatoms. The highest BCUT2D eigenvalue weighted by Crippen LogP contribution is 2.27. The maximum atomic E-state index is 12.9. The molecule has 4 aromatic rings. The van der Waals surface area contributed by atoms with Gasteiger partial charge in [-0.15, -0.1) is 0 Å². The van der Waals surface area contributed by atoms with Crippen molar-refractivity contribution in [3.05, 3.63) is 70.8 Å². The summed E-state index contributed by atoms with van der Waals surface area (Å²) in [5.41, 5.74) is 2.58. The summed E-state index contributed by atoms with van der Waals surface area (Å²) in [5, 5.41) is 0.512. The van der Waals surface area contributed by atoms with Gasteiger partial charge in [-0.3, -0.25) is 19.0 Å². The van der Waals surface area contributed by atoms with E-state index in [4.69, 9.17) is 0 Å². The second-order valence-electron chi connectivity index (χ2n) is 9.38. The van der Waals surface area contributed by atoms with Crippen LogP contribution in [0.1, 0.15) is 19.4 Å². The fourth-order valence-corrected chi connectivity index (χ4v) is 4.91. The molecule has 0 bridgehead atoms. The maximum absolute atomic E-state index is 12.9. The van der Waals surface area contributed by atoms with Gasteiger partial charge in [0.15, 0.2) is 0 Å². The van der Waals surface area contributed by atoms with Gasteiger partial charge in [-0.25, -0.2) is 9.97 Å². The molecule has 1 fully saturated rings. The van der Waals surface area contributed by atoms with Crippen molar-refractivity contribution in [2.24, 2.45) is 7.05 Å². The van der Waals surface area contributed by atoms with Gasteiger partial charge in [0.1, 0.15) is 5.75 Å². The molecule has 1 amide bonds. The van der Waals surface area contributed by atoms with Crippen LogP contribution >= 0.6 is 0 Å². The van der Waals surface area contributed by atoms with Crippen molar-refractivity contribution in [1.29, 1.82) is 0 Å². The minimum Gasteiger partial charge on any atom is -0.434 e. The molecule has 38 heavy (non-hydrogen) atoms. The maximum Gasteiger partial charge on any atom is 0.387 e. The van der Waals surface area contributed by atoms with Crippen LogP contribution in [0.25, 0.3) is 22.0 Å². The van der Waals surface area contributed by atoms with Crippen LogP contribution in [-0.4, -0.2) is 62.4 Å². The van der Waals surface area contributed by atoms with Gasteiger partial charge < -0.3 is 14.5 Å². The molecule has 0 saturated carbocycles. The number of hydrogen-bond acceptors (Lipinski definition) is 6. The van der Waals surface area contributed by atoms with E-state index in [2.05, 4.69) is 19.6 Å². The molecular weight excluding hydrogens is 494 g/mol. The van der Waals surface area contributed by atoms with E-state index in [1.165, 1.54) is 10.7 Å². The number of para-hydroxylation sites is 1. The number of carbonyl (C=O) groups is 1. The first-order valence-corrected chi connectivity index (χ1v) is 12.3. The number of alkyl halides is 2. The summed E-state index contributed by atoms with van der Waals surface area (Å²) < 4.78 is 33.7. The van der Waals surface area contributed by atoms with E-state index in [9.17, 15) is 18.4 Å². The summed E-state index contributed by atoms with van der Waals surface area (Å²) in [7, 11) is 1.64. The van der Waals surface area contributed by atoms with Crippen molar-refractivity contribution >= 4 is 22.8 Å². The number of carbonyl (C=O) groups excluding carboxylic acids is 1. The molecule has 0 aliphatic carbocycles. The van der Waals surface area contributed by atoms with Gasteiger partial charge in [-0.1, -0.05) is 24.3 Å². The van der Waals surface area contributed by atoms with Crippen molar-refractivity contribution in [3.63, 3.8) is 0 Å². The van der Waals surface area contributed by atoms with Gasteiger partial charge >= 0.3 is 6.61 Å². The van der Waals surface area contributed by atoms with Gasteiger partial charge in [0, 0.05) is 63.2 Å². The molecule has 3 heterocycles. The smallest absolute Gasteiger partial charge is 0.387 e. The molecule has 1 aliphatic rings. The number of halogens is 2. The van der Waals surface area contributed by atoms with Crippen LogP contribution in [0.4, 0.5) is 14.7 Å². The second-order valence-corrected chi connectivity index (χ2v) is 9.38. The molecule has 2 aromatic carbocycles. The Balaban J connectivity index is 1.45. The molecule has 1 saturated heterocycles. The third-order valence-electron chi connectivity index (χ3n) is 6.97. The van der Waals surface area contributed by atoms with Gasteiger partial charge in [-0.2, -0.15) is 8.78 Å². The van der Waals surface area contributed by atoms with Crippen LogP contribution in [0.5, 0.6) is 5.75 Å². The lowest BCUT2D eigenvalue weighted by Crippen LogP contribution is -2.53. The van der Waals surface area contributed by atoms with Gasteiger partial charge in [0.2, 0.25) is 11.9 Å². The molecular formula is C27H28F2N6O3. The summed E-state index contributed by atoms with van der Waals surface area (Å²) in [4.78, 5) is 37.7. The molecule has 198 valence electrons. The number of nitrogens with zero attached hydrogens (tertiary/aromatic N) is 6. The van der Waals surface area contributed by atoms with Gasteiger partial charge in [0.25, 0.3) is 5.56 Å². The van der Waals surface area contributed by atoms with Gasteiger partial charge in [-0.05, 0) is 30.7 Å². The highest BCUT2D eigenvalue weighted by Gasteiger charge is 2.26. The van der Waals surface area contributed by atoms with E-state index in [1.807, 2.05) is 24.0 Å². The summed E-state index contributed by atoms with van der Waals surface area (Å²) in [5.74, 6) is 0.723. The fourth-order valence-electron chi connectivity index (χ4n) is 4.91. The van der Waals surface area contributed by atoms with E-state index < -0.39 is 6.61 Å². The number of fused-ring (bicyclic) bond motifs is 1. The summed E-state index contributed by atoms with van der Waals surface area (Å²) >= 11 is 0. The number of aromatic nitrogens is 4. The number of ether oxygens (including phenoxy) is 1. The topological polar surface area (TPSA) is 85.5 Å². The van der Waals surface area contributed by atoms with E-state index in [0.717, 1.165) is 11.1 Å². The van der Waals surface area contributed by atoms with Crippen molar-refractivity contribution in [3.8, 4) is 16.9 Å². The van der Waals surface area contributed by atoms with Crippen LogP contribution in [0, 0.1) is 0 Å². The van der Waals surface area contributed by atoms with Gasteiger partial charge in [0.05, 0.1) is 17.4 Å². The normalized spacial score (nSPS) is 15.9. The number of hydrogen-bond donors (Lipinski definition) is 0. The highest BCUT2D eigenvalue weighted by atomic mass is 19.3. The predicted molar refractivity (Wildman–Crippen MR) is 139 cm³/mol. The van der Waals surface area contributed by atoms with E-state index in [0.29, 0.717) is 42.0 Å². The van der Waals surface area contributed by atoms with Crippen LogP contribution in [0.2, 0.25) is 0 Å². The lowest BCUT2D eigenvalue weighted by atomic mass is 10.1. The van der Waals surface area contributed by atoms with Crippen LogP contribution in [-0.2, 0) is 18.4 Å². The van der Waals surface area contributed by atoms with E-state index in [-0.39, 0.29) is 29.8 Å².